The topological polar surface area (TPSA) is 96.5 Å². The predicted molar refractivity (Wildman–Crippen MR) is 108 cm³/mol. The van der Waals surface area contributed by atoms with Crippen LogP contribution in [0, 0.1) is 0 Å². The number of carbonyl (C=O) groups is 1. The largest absolute Gasteiger partial charge is 0.353 e. The van der Waals surface area contributed by atoms with Gasteiger partial charge in [0.1, 0.15) is 5.82 Å². The number of nitrogens with zero attached hydrogens (tertiary/aromatic N) is 4. The van der Waals surface area contributed by atoms with Crippen LogP contribution in [0.15, 0.2) is 53.9 Å². The van der Waals surface area contributed by atoms with Crippen molar-refractivity contribution in [3.8, 4) is 11.4 Å². The summed E-state index contributed by atoms with van der Waals surface area (Å²) in [5, 5.41) is 11.5. The first-order valence-electron chi connectivity index (χ1n) is 9.46. The van der Waals surface area contributed by atoms with Gasteiger partial charge in [0, 0.05) is 29.2 Å². The van der Waals surface area contributed by atoms with E-state index >= 15 is 0 Å². The quantitative estimate of drug-likeness (QED) is 0.624. The van der Waals surface area contributed by atoms with Crippen LogP contribution in [0.25, 0.3) is 11.4 Å². The van der Waals surface area contributed by atoms with Crippen LogP contribution in [0.4, 0.5) is 0 Å². The van der Waals surface area contributed by atoms with Gasteiger partial charge in [0.2, 0.25) is 5.91 Å². The molecular formula is C20H22N6OS. The molecular weight excluding hydrogens is 372 g/mol. The number of H-pyrrole nitrogens is 1. The number of hydrogen-bond acceptors (Lipinski definition) is 6. The van der Waals surface area contributed by atoms with E-state index in [1.807, 2.05) is 36.4 Å². The molecule has 8 heteroatoms. The molecule has 1 aromatic carbocycles. The van der Waals surface area contributed by atoms with Gasteiger partial charge >= 0.3 is 0 Å². The van der Waals surface area contributed by atoms with Crippen LogP contribution < -0.4 is 5.32 Å². The number of benzene rings is 1. The van der Waals surface area contributed by atoms with Gasteiger partial charge in [-0.05, 0) is 31.7 Å². The molecule has 2 aromatic heterocycles. The van der Waals surface area contributed by atoms with Crippen molar-refractivity contribution in [1.29, 1.82) is 0 Å². The van der Waals surface area contributed by atoms with E-state index in [1.54, 1.807) is 24.2 Å². The van der Waals surface area contributed by atoms with E-state index in [0.29, 0.717) is 16.9 Å². The van der Waals surface area contributed by atoms with Crippen LogP contribution in [0.2, 0.25) is 0 Å². The summed E-state index contributed by atoms with van der Waals surface area (Å²) in [4.78, 5) is 25.4. The zero-order valence-electron chi connectivity index (χ0n) is 15.4. The molecule has 4 rings (SSSR count). The smallest absolute Gasteiger partial charge is 0.227 e. The second kappa shape index (κ2) is 8.97. The van der Waals surface area contributed by atoms with Gasteiger partial charge in [0.15, 0.2) is 11.0 Å². The van der Waals surface area contributed by atoms with Crippen molar-refractivity contribution in [2.45, 2.75) is 48.6 Å². The maximum Gasteiger partial charge on any atom is 0.227 e. The summed E-state index contributed by atoms with van der Waals surface area (Å²) in [5.74, 6) is 1.18. The van der Waals surface area contributed by atoms with Crippen molar-refractivity contribution in [2.24, 2.45) is 0 Å². The normalized spacial score (nSPS) is 19.3. The molecule has 0 atom stereocenters. The summed E-state index contributed by atoms with van der Waals surface area (Å²) >= 11 is 1.73. The molecule has 2 heterocycles. The third kappa shape index (κ3) is 4.95. The van der Waals surface area contributed by atoms with Gasteiger partial charge in [-0.3, -0.25) is 9.89 Å². The lowest BCUT2D eigenvalue weighted by Crippen LogP contribution is -2.39. The zero-order chi connectivity index (χ0) is 19.2. The van der Waals surface area contributed by atoms with Crippen molar-refractivity contribution in [3.05, 3.63) is 54.6 Å². The lowest BCUT2D eigenvalue weighted by Gasteiger charge is -2.28. The van der Waals surface area contributed by atoms with Gasteiger partial charge in [0.25, 0.3) is 0 Å². The van der Waals surface area contributed by atoms with Crippen molar-refractivity contribution < 1.29 is 4.79 Å². The number of thioether (sulfide) groups is 1. The summed E-state index contributed by atoms with van der Waals surface area (Å²) in [7, 11) is 0. The average Bonchev–Trinajstić information content (AvgIpc) is 3.19. The Morgan fingerprint density at radius 1 is 1.07 bits per heavy atom. The fourth-order valence-corrected chi connectivity index (χ4v) is 4.39. The minimum absolute atomic E-state index is 0.0155. The van der Waals surface area contributed by atoms with E-state index in [2.05, 4.69) is 30.5 Å². The van der Waals surface area contributed by atoms with Crippen LogP contribution in [0.3, 0.4) is 0 Å². The van der Waals surface area contributed by atoms with E-state index < -0.39 is 0 Å². The number of aromatic amines is 1. The van der Waals surface area contributed by atoms with Gasteiger partial charge in [0.05, 0.1) is 6.42 Å². The highest BCUT2D eigenvalue weighted by Crippen LogP contribution is 2.31. The molecule has 1 fully saturated rings. The Bertz CT molecular complexity index is 893. The van der Waals surface area contributed by atoms with Crippen molar-refractivity contribution in [2.75, 3.05) is 0 Å². The molecule has 1 aliphatic carbocycles. The van der Waals surface area contributed by atoms with E-state index in [1.165, 1.54) is 0 Å². The molecule has 0 radical (unpaired) electrons. The van der Waals surface area contributed by atoms with Gasteiger partial charge in [-0.1, -0.05) is 42.1 Å². The second-order valence-electron chi connectivity index (χ2n) is 6.84. The Labute approximate surface area is 167 Å². The van der Waals surface area contributed by atoms with Crippen LogP contribution in [-0.4, -0.2) is 42.3 Å². The molecule has 1 amide bonds. The van der Waals surface area contributed by atoms with Crippen molar-refractivity contribution >= 4 is 17.7 Å². The van der Waals surface area contributed by atoms with E-state index in [4.69, 9.17) is 0 Å². The highest BCUT2D eigenvalue weighted by Gasteiger charge is 2.24. The second-order valence-corrected chi connectivity index (χ2v) is 8.11. The highest BCUT2D eigenvalue weighted by atomic mass is 32.2. The molecule has 0 spiro atoms. The summed E-state index contributed by atoms with van der Waals surface area (Å²) in [6, 6.07) is 11.8. The lowest BCUT2D eigenvalue weighted by atomic mass is 9.95. The molecule has 0 unspecified atom stereocenters. The first-order chi connectivity index (χ1) is 13.8. The zero-order valence-corrected chi connectivity index (χ0v) is 16.2. The molecule has 2 N–H and O–H groups in total. The fourth-order valence-electron chi connectivity index (χ4n) is 3.34. The van der Waals surface area contributed by atoms with Gasteiger partial charge < -0.3 is 5.32 Å². The summed E-state index contributed by atoms with van der Waals surface area (Å²) < 4.78 is 0. The Morgan fingerprint density at radius 2 is 1.82 bits per heavy atom. The molecule has 3 aromatic rings. The van der Waals surface area contributed by atoms with E-state index in [-0.39, 0.29) is 18.4 Å². The summed E-state index contributed by atoms with van der Waals surface area (Å²) in [6.45, 7) is 0. The van der Waals surface area contributed by atoms with Crippen molar-refractivity contribution in [1.82, 2.24) is 30.5 Å². The molecule has 0 aliphatic heterocycles. The van der Waals surface area contributed by atoms with Crippen LogP contribution in [0.1, 0.15) is 31.5 Å². The van der Waals surface area contributed by atoms with E-state index in [0.717, 1.165) is 36.4 Å². The third-order valence-electron chi connectivity index (χ3n) is 4.75. The Kier molecular flexibility index (Phi) is 5.96. The Balaban J connectivity index is 1.23. The van der Waals surface area contributed by atoms with Gasteiger partial charge in [-0.2, -0.15) is 5.10 Å². The standard InChI is InChI=1S/C20H22N6OS/c27-18(13-17-24-19(26-25-17)14-5-2-1-3-6-14)23-15-7-9-16(10-8-15)28-20-21-11-4-12-22-20/h1-6,11-12,15-16H,7-10,13H2,(H,23,27)(H,24,25,26). The number of hydrogen-bond donors (Lipinski definition) is 2. The first-order valence-corrected chi connectivity index (χ1v) is 10.3. The van der Waals surface area contributed by atoms with Gasteiger partial charge in [-0.15, -0.1) is 0 Å². The highest BCUT2D eigenvalue weighted by molar-refractivity contribution is 7.99. The Hall–Kier alpha value is -2.74. The molecule has 7 nitrogen and oxygen atoms in total. The molecule has 28 heavy (non-hydrogen) atoms. The Morgan fingerprint density at radius 3 is 2.57 bits per heavy atom. The SMILES string of the molecule is O=C(Cc1nc(-c2ccccc2)n[nH]1)NC1CCC(Sc2ncccn2)CC1. The van der Waals surface area contributed by atoms with E-state index in [9.17, 15) is 4.79 Å². The average molecular weight is 395 g/mol. The number of aromatic nitrogens is 5. The van der Waals surface area contributed by atoms with Crippen LogP contribution in [-0.2, 0) is 11.2 Å². The lowest BCUT2D eigenvalue weighted by molar-refractivity contribution is -0.121. The number of nitrogens with one attached hydrogen (secondary N) is 2. The third-order valence-corrected chi connectivity index (χ3v) is 5.97. The summed E-state index contributed by atoms with van der Waals surface area (Å²) in [6.07, 6.45) is 7.81. The maximum absolute atomic E-state index is 12.4. The summed E-state index contributed by atoms with van der Waals surface area (Å²) in [5.41, 5.74) is 0.934. The fraction of sp³-hybridized carbons (Fsp3) is 0.350. The molecule has 1 aliphatic rings. The first kappa shape index (κ1) is 18.6. The predicted octanol–water partition coefficient (Wildman–Crippen LogP) is 3.02. The van der Waals surface area contributed by atoms with Crippen LogP contribution in [0.5, 0.6) is 0 Å². The minimum atomic E-state index is -0.0155. The molecule has 0 bridgehead atoms. The maximum atomic E-state index is 12.4. The molecule has 0 saturated heterocycles. The minimum Gasteiger partial charge on any atom is -0.353 e. The monoisotopic (exact) mass is 394 g/mol. The number of rotatable bonds is 6. The number of carbonyl (C=O) groups excluding carboxylic acids is 1. The van der Waals surface area contributed by atoms with Crippen molar-refractivity contribution in [3.63, 3.8) is 0 Å². The number of amides is 1. The van der Waals surface area contributed by atoms with Crippen LogP contribution >= 0.6 is 11.8 Å². The van der Waals surface area contributed by atoms with Gasteiger partial charge in [-0.25, -0.2) is 15.0 Å². The molecule has 144 valence electrons. The molecule has 1 saturated carbocycles.